The average molecular weight is 431 g/mol. The van der Waals surface area contributed by atoms with Crippen molar-refractivity contribution in [3.8, 4) is 0 Å². The molecule has 7 rings (SSSR count). The first kappa shape index (κ1) is 18.1. The molecular formula is C25H19ClN2OS. The molecule has 3 nitrogen and oxygen atoms in total. The van der Waals surface area contributed by atoms with Gasteiger partial charge in [0, 0.05) is 16.9 Å². The van der Waals surface area contributed by atoms with Crippen LogP contribution in [-0.2, 0) is 4.79 Å². The summed E-state index contributed by atoms with van der Waals surface area (Å²) in [5, 5.41) is 4.43. The average Bonchev–Trinajstić information content (AvgIpc) is 3.15. The zero-order chi connectivity index (χ0) is 20.5. The SMILES string of the molecule is C[C@]1(C(=O)Nc2nc3ccc(Cl)cc3s2)CC2c3ccccc3C1c1ccccc12. The summed E-state index contributed by atoms with van der Waals surface area (Å²) >= 11 is 7.57. The Morgan fingerprint density at radius 2 is 1.67 bits per heavy atom. The van der Waals surface area contributed by atoms with E-state index in [9.17, 15) is 4.79 Å². The van der Waals surface area contributed by atoms with Crippen molar-refractivity contribution in [2.24, 2.45) is 5.41 Å². The van der Waals surface area contributed by atoms with Gasteiger partial charge in [-0.3, -0.25) is 4.79 Å². The monoisotopic (exact) mass is 430 g/mol. The van der Waals surface area contributed by atoms with Crippen LogP contribution in [0.5, 0.6) is 0 Å². The fraction of sp³-hybridized carbons (Fsp3) is 0.200. The molecule has 3 aliphatic carbocycles. The van der Waals surface area contributed by atoms with Gasteiger partial charge in [-0.25, -0.2) is 4.98 Å². The van der Waals surface area contributed by atoms with Crippen molar-refractivity contribution in [3.63, 3.8) is 0 Å². The summed E-state index contributed by atoms with van der Waals surface area (Å²) in [4.78, 5) is 18.3. The van der Waals surface area contributed by atoms with Crippen LogP contribution >= 0.6 is 22.9 Å². The van der Waals surface area contributed by atoms with E-state index in [1.54, 1.807) is 0 Å². The number of halogens is 1. The van der Waals surface area contributed by atoms with Gasteiger partial charge in [-0.1, -0.05) is 71.5 Å². The van der Waals surface area contributed by atoms with Gasteiger partial charge in [0.2, 0.25) is 5.91 Å². The van der Waals surface area contributed by atoms with Crippen LogP contribution in [0.4, 0.5) is 5.13 Å². The standard InChI is InChI=1S/C25H19ClN2OS/c1-25(23(29)28-24-27-20-11-10-14(26)12-21(20)30-24)13-19-15-6-2-4-8-17(15)22(25)18-9-5-3-7-16(18)19/h2-12,19,22H,13H2,1H3,(H,27,28,29)/t19?,22?,25-/m0/s1. The molecule has 0 spiro atoms. The third-order valence-electron chi connectivity index (χ3n) is 6.72. The van der Waals surface area contributed by atoms with Crippen molar-refractivity contribution in [1.29, 1.82) is 0 Å². The van der Waals surface area contributed by atoms with E-state index in [0.717, 1.165) is 16.6 Å². The third-order valence-corrected chi connectivity index (χ3v) is 7.89. The third kappa shape index (κ3) is 2.50. The first-order valence-electron chi connectivity index (χ1n) is 10.1. The van der Waals surface area contributed by atoms with Gasteiger partial charge in [0.1, 0.15) is 0 Å². The molecule has 4 aromatic rings. The van der Waals surface area contributed by atoms with Crippen molar-refractivity contribution in [1.82, 2.24) is 4.98 Å². The summed E-state index contributed by atoms with van der Waals surface area (Å²) in [5.74, 6) is 0.317. The number of hydrogen-bond acceptors (Lipinski definition) is 3. The van der Waals surface area contributed by atoms with Crippen molar-refractivity contribution < 1.29 is 4.79 Å². The van der Waals surface area contributed by atoms with Crippen LogP contribution in [0.25, 0.3) is 10.2 Å². The lowest BCUT2D eigenvalue weighted by molar-refractivity contribution is -0.126. The van der Waals surface area contributed by atoms with Crippen molar-refractivity contribution >= 4 is 44.2 Å². The molecule has 148 valence electrons. The number of thiazole rings is 1. The second kappa shape index (κ2) is 6.40. The number of hydrogen-bond donors (Lipinski definition) is 1. The highest BCUT2D eigenvalue weighted by molar-refractivity contribution is 7.22. The number of nitrogens with zero attached hydrogens (tertiary/aromatic N) is 1. The summed E-state index contributed by atoms with van der Waals surface area (Å²) in [6, 6.07) is 22.8. The second-order valence-electron chi connectivity index (χ2n) is 8.45. The summed E-state index contributed by atoms with van der Waals surface area (Å²) in [7, 11) is 0. The Kier molecular flexibility index (Phi) is 3.86. The van der Waals surface area contributed by atoms with Gasteiger partial charge in [0.15, 0.2) is 5.13 Å². The number of rotatable bonds is 2. The first-order valence-corrected chi connectivity index (χ1v) is 11.3. The molecule has 1 heterocycles. The molecule has 1 amide bonds. The molecule has 1 N–H and O–H groups in total. The molecule has 0 saturated heterocycles. The number of fused-ring (bicyclic) bond motifs is 2. The Labute approximate surface area is 183 Å². The molecule has 0 saturated carbocycles. The number of aromatic nitrogens is 1. The minimum Gasteiger partial charge on any atom is -0.301 e. The lowest BCUT2D eigenvalue weighted by Gasteiger charge is -2.50. The van der Waals surface area contributed by atoms with Gasteiger partial charge in [-0.2, -0.15) is 0 Å². The molecule has 2 bridgehead atoms. The van der Waals surface area contributed by atoms with Gasteiger partial charge in [-0.15, -0.1) is 0 Å². The maximum absolute atomic E-state index is 13.7. The molecule has 5 heteroatoms. The lowest BCUT2D eigenvalue weighted by atomic mass is 9.52. The summed E-state index contributed by atoms with van der Waals surface area (Å²) in [6.45, 7) is 2.11. The highest BCUT2D eigenvalue weighted by Gasteiger charge is 2.53. The number of carbonyl (C=O) groups is 1. The smallest absolute Gasteiger partial charge is 0.233 e. The van der Waals surface area contributed by atoms with E-state index in [4.69, 9.17) is 11.6 Å². The number of anilines is 1. The number of benzene rings is 3. The summed E-state index contributed by atoms with van der Waals surface area (Å²) in [6.07, 6.45) is 0.800. The highest BCUT2D eigenvalue weighted by atomic mass is 35.5. The van der Waals surface area contributed by atoms with E-state index in [2.05, 4.69) is 65.8 Å². The zero-order valence-corrected chi connectivity index (χ0v) is 17.9. The van der Waals surface area contributed by atoms with Crippen molar-refractivity contribution in [2.75, 3.05) is 5.32 Å². The zero-order valence-electron chi connectivity index (χ0n) is 16.4. The fourth-order valence-electron chi connectivity index (χ4n) is 5.38. The minimum atomic E-state index is -0.539. The predicted octanol–water partition coefficient (Wildman–Crippen LogP) is 6.58. The molecule has 0 radical (unpaired) electrons. The van der Waals surface area contributed by atoms with Crippen LogP contribution in [0.15, 0.2) is 66.7 Å². The van der Waals surface area contributed by atoms with Gasteiger partial charge in [0.25, 0.3) is 0 Å². The molecule has 3 aliphatic rings. The molecular weight excluding hydrogens is 412 g/mol. The Morgan fingerprint density at radius 1 is 1.03 bits per heavy atom. The van der Waals surface area contributed by atoms with Gasteiger partial charge >= 0.3 is 0 Å². The maximum atomic E-state index is 13.7. The predicted molar refractivity (Wildman–Crippen MR) is 123 cm³/mol. The summed E-state index contributed by atoms with van der Waals surface area (Å²) in [5.41, 5.74) is 5.60. The fourth-order valence-corrected chi connectivity index (χ4v) is 6.52. The van der Waals surface area contributed by atoms with Crippen LogP contribution in [0, 0.1) is 5.41 Å². The number of amides is 1. The van der Waals surface area contributed by atoms with Crippen LogP contribution in [0.2, 0.25) is 5.02 Å². The normalized spacial score (nSPS) is 23.8. The Hall–Kier alpha value is -2.69. The molecule has 0 unspecified atom stereocenters. The van der Waals surface area contributed by atoms with E-state index in [0.29, 0.717) is 10.2 Å². The highest BCUT2D eigenvalue weighted by Crippen LogP contribution is 2.61. The van der Waals surface area contributed by atoms with Crippen LogP contribution < -0.4 is 5.32 Å². The van der Waals surface area contributed by atoms with Gasteiger partial charge in [-0.05, 0) is 53.8 Å². The minimum absolute atomic E-state index is 0.0339. The van der Waals surface area contributed by atoms with Crippen LogP contribution in [0.1, 0.15) is 47.4 Å². The van der Waals surface area contributed by atoms with Crippen molar-refractivity contribution in [2.45, 2.75) is 25.2 Å². The summed E-state index contributed by atoms with van der Waals surface area (Å²) < 4.78 is 0.976. The van der Waals surface area contributed by atoms with Gasteiger partial charge in [0.05, 0.1) is 15.6 Å². The van der Waals surface area contributed by atoms with E-state index in [1.807, 2.05) is 18.2 Å². The number of nitrogens with one attached hydrogen (secondary N) is 1. The molecule has 0 fully saturated rings. The second-order valence-corrected chi connectivity index (χ2v) is 9.92. The molecule has 1 atom stereocenters. The maximum Gasteiger partial charge on any atom is 0.233 e. The quantitative estimate of drug-likeness (QED) is 0.390. The lowest BCUT2D eigenvalue weighted by Crippen LogP contribution is -2.47. The topological polar surface area (TPSA) is 42.0 Å². The van der Waals surface area contributed by atoms with E-state index >= 15 is 0 Å². The largest absolute Gasteiger partial charge is 0.301 e. The first-order chi connectivity index (χ1) is 14.5. The van der Waals surface area contributed by atoms with E-state index < -0.39 is 5.41 Å². The Bertz CT molecular complexity index is 1280. The van der Waals surface area contributed by atoms with E-state index in [1.165, 1.54) is 33.6 Å². The number of carbonyl (C=O) groups excluding carboxylic acids is 1. The van der Waals surface area contributed by atoms with E-state index in [-0.39, 0.29) is 17.7 Å². The van der Waals surface area contributed by atoms with Crippen molar-refractivity contribution in [3.05, 3.63) is 94.0 Å². The molecule has 0 aliphatic heterocycles. The molecule has 3 aromatic carbocycles. The Balaban J connectivity index is 1.42. The van der Waals surface area contributed by atoms with Crippen LogP contribution in [-0.4, -0.2) is 10.9 Å². The molecule has 30 heavy (non-hydrogen) atoms. The molecule has 1 aromatic heterocycles. The Morgan fingerprint density at radius 3 is 2.33 bits per heavy atom. The van der Waals surface area contributed by atoms with Gasteiger partial charge < -0.3 is 5.32 Å². The van der Waals surface area contributed by atoms with Crippen LogP contribution in [0.3, 0.4) is 0 Å².